The lowest BCUT2D eigenvalue weighted by Gasteiger charge is -2.00. The van der Waals surface area contributed by atoms with Gasteiger partial charge in [-0.05, 0) is 18.0 Å². The number of amides is 1. The van der Waals surface area contributed by atoms with Gasteiger partial charge in [-0.3, -0.25) is 4.79 Å². The molecule has 0 heterocycles. The molecular weight excluding hydrogens is 186 g/mol. The molecule has 0 saturated heterocycles. The van der Waals surface area contributed by atoms with E-state index in [-0.39, 0.29) is 5.91 Å². The molecule has 0 atom stereocenters. The van der Waals surface area contributed by atoms with Gasteiger partial charge in [0, 0.05) is 17.8 Å². The second kappa shape index (κ2) is 9.41. The minimum absolute atomic E-state index is 0.287. The highest BCUT2D eigenvalue weighted by Crippen LogP contribution is 2.00. The zero-order valence-electron chi connectivity index (χ0n) is 8.03. The average Bonchev–Trinajstić information content (AvgIpc) is 2.11. The van der Waals surface area contributed by atoms with Crippen LogP contribution in [0.25, 0.3) is 0 Å². The number of rotatable bonds is 6. The van der Waals surface area contributed by atoms with Crippen LogP contribution in [0.3, 0.4) is 0 Å². The van der Waals surface area contributed by atoms with Crippen LogP contribution in [-0.4, -0.2) is 12.5 Å². The van der Waals surface area contributed by atoms with E-state index in [9.17, 15) is 4.79 Å². The molecule has 0 aliphatic heterocycles. The minimum atomic E-state index is -0.287. The Balaban J connectivity index is 3.14. The molecule has 3 heteroatoms. The maximum Gasteiger partial charge on any atom is 0.297 e. The molecular formula is C10H16ClNO. The summed E-state index contributed by atoms with van der Waals surface area (Å²) in [7, 11) is 0. The third kappa shape index (κ3) is 9.23. The van der Waals surface area contributed by atoms with E-state index in [0.717, 1.165) is 6.42 Å². The van der Waals surface area contributed by atoms with Crippen molar-refractivity contribution in [2.24, 2.45) is 0 Å². The van der Waals surface area contributed by atoms with Gasteiger partial charge in [0.1, 0.15) is 0 Å². The van der Waals surface area contributed by atoms with Crippen LogP contribution < -0.4 is 5.32 Å². The lowest BCUT2D eigenvalue weighted by atomic mass is 10.1. The summed E-state index contributed by atoms with van der Waals surface area (Å²) in [6, 6.07) is 0. The molecule has 0 unspecified atom stereocenters. The van der Waals surface area contributed by atoms with E-state index in [2.05, 4.69) is 18.2 Å². The predicted molar refractivity (Wildman–Crippen MR) is 55.4 cm³/mol. The van der Waals surface area contributed by atoms with Gasteiger partial charge in [0.15, 0.2) is 0 Å². The predicted octanol–water partition coefficient (Wildman–Crippen LogP) is 2.27. The largest absolute Gasteiger partial charge is 0.345 e. The molecule has 74 valence electrons. The molecule has 0 fully saturated rings. The van der Waals surface area contributed by atoms with Crippen LogP contribution in [0, 0.1) is 11.3 Å². The van der Waals surface area contributed by atoms with Crippen LogP contribution in [-0.2, 0) is 4.79 Å². The molecule has 0 radical (unpaired) electrons. The van der Waals surface area contributed by atoms with Crippen molar-refractivity contribution in [3.63, 3.8) is 0 Å². The Morgan fingerprint density at radius 1 is 1.31 bits per heavy atom. The quantitative estimate of drug-likeness (QED) is 0.519. The first-order chi connectivity index (χ1) is 6.31. The van der Waals surface area contributed by atoms with Crippen molar-refractivity contribution < 1.29 is 4.79 Å². The van der Waals surface area contributed by atoms with Gasteiger partial charge in [-0.1, -0.05) is 32.6 Å². The van der Waals surface area contributed by atoms with Crippen molar-refractivity contribution in [3.05, 3.63) is 0 Å². The number of unbranched alkanes of at least 4 members (excludes halogenated alkanes) is 4. The van der Waals surface area contributed by atoms with Gasteiger partial charge in [-0.2, -0.15) is 0 Å². The molecule has 0 aliphatic carbocycles. The van der Waals surface area contributed by atoms with Crippen molar-refractivity contribution in [1.82, 2.24) is 5.32 Å². The Labute approximate surface area is 85.0 Å². The number of nitrogens with one attached hydrogen (secondary N) is 1. The standard InChI is InChI=1S/C10H16ClNO/c1-2-3-4-5-6-9-12-10(13)7-8-11/h2-6,9H2,1H3,(H,12,13). The summed E-state index contributed by atoms with van der Waals surface area (Å²) in [5, 5.41) is 4.70. The summed E-state index contributed by atoms with van der Waals surface area (Å²) in [6.07, 6.45) is 5.95. The first-order valence-corrected chi connectivity index (χ1v) is 5.08. The van der Waals surface area contributed by atoms with E-state index >= 15 is 0 Å². The van der Waals surface area contributed by atoms with Crippen LogP contribution in [0.5, 0.6) is 0 Å². The summed E-state index contributed by atoms with van der Waals surface area (Å²) in [5.74, 6) is 1.93. The molecule has 0 aromatic rings. The lowest BCUT2D eigenvalue weighted by Crippen LogP contribution is -2.22. The molecule has 0 bridgehead atoms. The second-order valence-electron chi connectivity index (χ2n) is 2.89. The molecule has 13 heavy (non-hydrogen) atoms. The van der Waals surface area contributed by atoms with Gasteiger partial charge in [0.2, 0.25) is 0 Å². The van der Waals surface area contributed by atoms with Crippen LogP contribution in [0.15, 0.2) is 0 Å². The summed E-state index contributed by atoms with van der Waals surface area (Å²) >= 11 is 5.06. The fourth-order valence-electron chi connectivity index (χ4n) is 1.02. The molecule has 0 aliphatic rings. The smallest absolute Gasteiger partial charge is 0.297 e. The number of carbonyl (C=O) groups excluding carboxylic acids is 1. The molecule has 0 aromatic carbocycles. The van der Waals surface area contributed by atoms with Gasteiger partial charge < -0.3 is 5.32 Å². The number of carbonyl (C=O) groups is 1. The summed E-state index contributed by atoms with van der Waals surface area (Å²) in [4.78, 5) is 10.8. The Morgan fingerprint density at radius 3 is 2.62 bits per heavy atom. The normalized spacial score (nSPS) is 8.77. The van der Waals surface area contributed by atoms with Gasteiger partial charge in [0.05, 0.1) is 0 Å². The topological polar surface area (TPSA) is 29.1 Å². The number of halogens is 1. The lowest BCUT2D eigenvalue weighted by molar-refractivity contribution is -0.115. The Bertz CT molecular complexity index is 193. The van der Waals surface area contributed by atoms with Crippen LogP contribution in [0.1, 0.15) is 39.0 Å². The summed E-state index contributed by atoms with van der Waals surface area (Å²) in [5.41, 5.74) is 0. The van der Waals surface area contributed by atoms with E-state index < -0.39 is 0 Å². The van der Waals surface area contributed by atoms with Crippen molar-refractivity contribution in [3.8, 4) is 11.3 Å². The van der Waals surface area contributed by atoms with E-state index in [4.69, 9.17) is 11.6 Å². The van der Waals surface area contributed by atoms with Crippen molar-refractivity contribution in [2.45, 2.75) is 39.0 Å². The molecule has 0 aromatic heterocycles. The van der Waals surface area contributed by atoms with Crippen molar-refractivity contribution >= 4 is 17.5 Å². The summed E-state index contributed by atoms with van der Waals surface area (Å²) in [6.45, 7) is 2.88. The highest BCUT2D eigenvalue weighted by atomic mass is 35.5. The fraction of sp³-hybridized carbons (Fsp3) is 0.700. The Hall–Kier alpha value is -0.680. The van der Waals surface area contributed by atoms with Crippen molar-refractivity contribution in [1.29, 1.82) is 0 Å². The van der Waals surface area contributed by atoms with Crippen LogP contribution >= 0.6 is 11.6 Å². The average molecular weight is 202 g/mol. The molecule has 1 N–H and O–H groups in total. The zero-order chi connectivity index (χ0) is 9.94. The molecule has 1 amide bonds. The van der Waals surface area contributed by atoms with Gasteiger partial charge in [-0.15, -0.1) is 0 Å². The highest BCUT2D eigenvalue weighted by molar-refractivity contribution is 6.31. The van der Waals surface area contributed by atoms with Crippen LogP contribution in [0.2, 0.25) is 0 Å². The first-order valence-electron chi connectivity index (χ1n) is 4.70. The third-order valence-electron chi connectivity index (χ3n) is 1.73. The zero-order valence-corrected chi connectivity index (χ0v) is 8.78. The fourth-order valence-corrected chi connectivity index (χ4v) is 1.10. The molecule has 0 spiro atoms. The van der Waals surface area contributed by atoms with Gasteiger partial charge in [0.25, 0.3) is 5.91 Å². The molecule has 2 nitrogen and oxygen atoms in total. The van der Waals surface area contributed by atoms with E-state index in [1.807, 2.05) is 5.38 Å². The van der Waals surface area contributed by atoms with Gasteiger partial charge in [-0.25, -0.2) is 0 Å². The number of hydrogen-bond acceptors (Lipinski definition) is 1. The van der Waals surface area contributed by atoms with Crippen LogP contribution in [0.4, 0.5) is 0 Å². The SMILES string of the molecule is CCCCCCCNC(=O)C#CCl. The Kier molecular flexibility index (Phi) is 8.92. The second-order valence-corrected chi connectivity index (χ2v) is 3.08. The summed E-state index contributed by atoms with van der Waals surface area (Å²) < 4.78 is 0. The molecule has 0 rings (SSSR count). The first kappa shape index (κ1) is 12.3. The van der Waals surface area contributed by atoms with E-state index in [1.54, 1.807) is 0 Å². The highest BCUT2D eigenvalue weighted by Gasteiger charge is 1.93. The Morgan fingerprint density at radius 2 is 2.00 bits per heavy atom. The van der Waals surface area contributed by atoms with E-state index in [0.29, 0.717) is 6.54 Å². The maximum atomic E-state index is 10.8. The van der Waals surface area contributed by atoms with E-state index in [1.165, 1.54) is 25.7 Å². The number of hydrogen-bond donors (Lipinski definition) is 1. The third-order valence-corrected chi connectivity index (χ3v) is 1.82. The minimum Gasteiger partial charge on any atom is -0.345 e. The molecule has 0 saturated carbocycles. The van der Waals surface area contributed by atoms with Crippen molar-refractivity contribution in [2.75, 3.05) is 6.54 Å². The maximum absolute atomic E-state index is 10.8. The van der Waals surface area contributed by atoms with Gasteiger partial charge >= 0.3 is 0 Å². The monoisotopic (exact) mass is 201 g/mol.